The number of imide groups is 1. The van der Waals surface area contributed by atoms with E-state index < -0.39 is 11.6 Å². The van der Waals surface area contributed by atoms with Crippen molar-refractivity contribution < 1.29 is 19.1 Å². The quantitative estimate of drug-likeness (QED) is 0.727. The van der Waals surface area contributed by atoms with Crippen molar-refractivity contribution in [3.63, 3.8) is 0 Å². The number of hydrogen-bond donors (Lipinski definition) is 1. The molecule has 0 radical (unpaired) electrons. The third-order valence-corrected chi connectivity index (χ3v) is 4.56. The summed E-state index contributed by atoms with van der Waals surface area (Å²) in [7, 11) is 3.26. The van der Waals surface area contributed by atoms with E-state index in [0.29, 0.717) is 12.3 Å². The highest BCUT2D eigenvalue weighted by Gasteiger charge is 2.44. The van der Waals surface area contributed by atoms with Gasteiger partial charge in [-0.1, -0.05) is 15.9 Å². The smallest absolute Gasteiger partial charge is 0.325 e. The standard InChI is InChI=1S/C17H22BrN3O4/c1-17(2)15(23)21(16(24)19-17)8-7-14(22)20(3)10-11-9-12(18)5-6-13(11)25-4/h5-6,9H,7-8,10H2,1-4H3,(H,19,24). The second-order valence-electron chi connectivity index (χ2n) is 6.47. The van der Waals surface area contributed by atoms with Gasteiger partial charge in [0.25, 0.3) is 5.91 Å². The van der Waals surface area contributed by atoms with E-state index in [1.54, 1.807) is 32.9 Å². The first-order valence-electron chi connectivity index (χ1n) is 7.86. The van der Waals surface area contributed by atoms with Crippen molar-refractivity contribution >= 4 is 33.8 Å². The molecule has 1 N–H and O–H groups in total. The second kappa shape index (κ2) is 7.43. The molecule has 0 aromatic heterocycles. The van der Waals surface area contributed by atoms with Crippen molar-refractivity contribution in [3.8, 4) is 5.75 Å². The minimum Gasteiger partial charge on any atom is -0.496 e. The molecule has 136 valence electrons. The summed E-state index contributed by atoms with van der Waals surface area (Å²) in [4.78, 5) is 39.0. The molecule has 1 fully saturated rings. The van der Waals surface area contributed by atoms with Gasteiger partial charge in [0.1, 0.15) is 11.3 Å². The Balaban J connectivity index is 1.96. The van der Waals surface area contributed by atoms with Gasteiger partial charge in [0.15, 0.2) is 0 Å². The third kappa shape index (κ3) is 4.31. The van der Waals surface area contributed by atoms with Crippen molar-refractivity contribution in [2.75, 3.05) is 20.7 Å². The number of halogens is 1. The zero-order valence-corrected chi connectivity index (χ0v) is 16.3. The number of nitrogens with zero attached hydrogens (tertiary/aromatic N) is 2. The van der Waals surface area contributed by atoms with E-state index in [2.05, 4.69) is 21.2 Å². The average molecular weight is 412 g/mol. The number of carbonyl (C=O) groups excluding carboxylic acids is 3. The van der Waals surface area contributed by atoms with E-state index in [1.807, 2.05) is 18.2 Å². The monoisotopic (exact) mass is 411 g/mol. The summed E-state index contributed by atoms with van der Waals surface area (Å²) in [5, 5.41) is 2.60. The van der Waals surface area contributed by atoms with Crippen LogP contribution in [0.2, 0.25) is 0 Å². The van der Waals surface area contributed by atoms with Crippen LogP contribution in [-0.2, 0) is 16.1 Å². The summed E-state index contributed by atoms with van der Waals surface area (Å²) in [6, 6.07) is 5.12. The Labute approximate surface area is 155 Å². The molecule has 0 spiro atoms. The predicted molar refractivity (Wildman–Crippen MR) is 96.1 cm³/mol. The molecule has 25 heavy (non-hydrogen) atoms. The molecule has 0 aliphatic carbocycles. The Morgan fingerprint density at radius 1 is 1.36 bits per heavy atom. The molecule has 0 atom stereocenters. The molecular weight excluding hydrogens is 390 g/mol. The fourth-order valence-corrected chi connectivity index (χ4v) is 3.04. The van der Waals surface area contributed by atoms with Crippen molar-refractivity contribution in [3.05, 3.63) is 28.2 Å². The van der Waals surface area contributed by atoms with Crippen LogP contribution in [0, 0.1) is 0 Å². The normalized spacial score (nSPS) is 16.0. The first kappa shape index (κ1) is 19.2. The maximum atomic E-state index is 12.4. The van der Waals surface area contributed by atoms with Crippen LogP contribution in [0.3, 0.4) is 0 Å². The predicted octanol–water partition coefficient (Wildman–Crippen LogP) is 2.14. The summed E-state index contributed by atoms with van der Waals surface area (Å²) in [5.74, 6) is 0.215. The van der Waals surface area contributed by atoms with Gasteiger partial charge in [-0.2, -0.15) is 0 Å². The van der Waals surface area contributed by atoms with E-state index in [0.717, 1.165) is 14.9 Å². The maximum absolute atomic E-state index is 12.4. The molecule has 7 nitrogen and oxygen atoms in total. The van der Waals surface area contributed by atoms with Crippen LogP contribution in [0.1, 0.15) is 25.8 Å². The van der Waals surface area contributed by atoms with Gasteiger partial charge in [-0.25, -0.2) is 4.79 Å². The molecule has 0 saturated carbocycles. The molecular formula is C17H22BrN3O4. The highest BCUT2D eigenvalue weighted by molar-refractivity contribution is 9.10. The van der Waals surface area contributed by atoms with Gasteiger partial charge in [0.2, 0.25) is 5.91 Å². The number of rotatable bonds is 6. The van der Waals surface area contributed by atoms with Gasteiger partial charge < -0.3 is 15.0 Å². The summed E-state index contributed by atoms with van der Waals surface area (Å²) in [6.45, 7) is 3.71. The summed E-state index contributed by atoms with van der Waals surface area (Å²) >= 11 is 3.40. The van der Waals surface area contributed by atoms with Crippen LogP contribution in [-0.4, -0.2) is 53.9 Å². The number of nitrogens with one attached hydrogen (secondary N) is 1. The van der Waals surface area contributed by atoms with E-state index in [9.17, 15) is 14.4 Å². The van der Waals surface area contributed by atoms with E-state index in [-0.39, 0.29) is 24.8 Å². The first-order chi connectivity index (χ1) is 11.7. The Morgan fingerprint density at radius 3 is 2.60 bits per heavy atom. The van der Waals surface area contributed by atoms with Crippen LogP contribution in [0.15, 0.2) is 22.7 Å². The van der Waals surface area contributed by atoms with Crippen molar-refractivity contribution in [2.45, 2.75) is 32.4 Å². The number of amides is 4. The van der Waals surface area contributed by atoms with Crippen molar-refractivity contribution in [1.82, 2.24) is 15.1 Å². The van der Waals surface area contributed by atoms with Crippen LogP contribution in [0.4, 0.5) is 4.79 Å². The second-order valence-corrected chi connectivity index (χ2v) is 7.38. The Morgan fingerprint density at radius 2 is 2.04 bits per heavy atom. The zero-order valence-electron chi connectivity index (χ0n) is 14.8. The molecule has 0 bridgehead atoms. The lowest BCUT2D eigenvalue weighted by molar-refractivity contribution is -0.132. The molecule has 1 saturated heterocycles. The lowest BCUT2D eigenvalue weighted by Crippen LogP contribution is -2.40. The molecule has 1 heterocycles. The number of urea groups is 1. The lowest BCUT2D eigenvalue weighted by atomic mass is 10.1. The zero-order chi connectivity index (χ0) is 18.8. The average Bonchev–Trinajstić information content (AvgIpc) is 2.73. The highest BCUT2D eigenvalue weighted by Crippen LogP contribution is 2.24. The molecule has 1 aliphatic heterocycles. The summed E-state index contributed by atoms with van der Waals surface area (Å²) in [6.07, 6.45) is 0.0715. The summed E-state index contributed by atoms with van der Waals surface area (Å²) in [5.41, 5.74) is -0.0562. The number of carbonyl (C=O) groups is 3. The fraction of sp³-hybridized carbons (Fsp3) is 0.471. The summed E-state index contributed by atoms with van der Waals surface area (Å²) < 4.78 is 6.20. The first-order valence-corrected chi connectivity index (χ1v) is 8.65. The minimum absolute atomic E-state index is 0.0624. The molecule has 4 amide bonds. The van der Waals surface area contributed by atoms with Crippen molar-refractivity contribution in [2.24, 2.45) is 0 Å². The molecule has 8 heteroatoms. The van der Waals surface area contributed by atoms with Crippen LogP contribution < -0.4 is 10.1 Å². The molecule has 1 aromatic carbocycles. The highest BCUT2D eigenvalue weighted by atomic mass is 79.9. The van der Waals surface area contributed by atoms with E-state index in [4.69, 9.17) is 4.74 Å². The fourth-order valence-electron chi connectivity index (χ4n) is 2.63. The van der Waals surface area contributed by atoms with Gasteiger partial charge in [-0.05, 0) is 32.0 Å². The number of benzene rings is 1. The van der Waals surface area contributed by atoms with Gasteiger partial charge in [0, 0.05) is 36.6 Å². The maximum Gasteiger partial charge on any atom is 0.325 e. The largest absolute Gasteiger partial charge is 0.496 e. The Hall–Kier alpha value is -2.09. The molecule has 2 rings (SSSR count). The lowest BCUT2D eigenvalue weighted by Gasteiger charge is -2.21. The van der Waals surface area contributed by atoms with E-state index >= 15 is 0 Å². The minimum atomic E-state index is -0.921. The number of methoxy groups -OCH3 is 1. The van der Waals surface area contributed by atoms with Crippen LogP contribution in [0.25, 0.3) is 0 Å². The molecule has 0 unspecified atom stereocenters. The Kier molecular flexibility index (Phi) is 5.72. The topological polar surface area (TPSA) is 79.0 Å². The molecule has 1 aromatic rings. The SMILES string of the molecule is COc1ccc(Br)cc1CN(C)C(=O)CCN1C(=O)NC(C)(C)C1=O. The van der Waals surface area contributed by atoms with Gasteiger partial charge in [0.05, 0.1) is 7.11 Å². The van der Waals surface area contributed by atoms with Gasteiger partial charge in [-0.3, -0.25) is 14.5 Å². The number of ether oxygens (including phenoxy) is 1. The Bertz CT molecular complexity index is 705. The number of hydrogen-bond acceptors (Lipinski definition) is 4. The van der Waals surface area contributed by atoms with Crippen LogP contribution >= 0.6 is 15.9 Å². The third-order valence-electron chi connectivity index (χ3n) is 4.07. The van der Waals surface area contributed by atoms with E-state index in [1.165, 1.54) is 0 Å². The van der Waals surface area contributed by atoms with Gasteiger partial charge in [-0.15, -0.1) is 0 Å². The molecule has 1 aliphatic rings. The van der Waals surface area contributed by atoms with Crippen molar-refractivity contribution in [1.29, 1.82) is 0 Å². The van der Waals surface area contributed by atoms with Gasteiger partial charge >= 0.3 is 6.03 Å². The van der Waals surface area contributed by atoms with Crippen LogP contribution in [0.5, 0.6) is 5.75 Å².